The van der Waals surface area contributed by atoms with Gasteiger partial charge < -0.3 is 5.32 Å². The van der Waals surface area contributed by atoms with E-state index in [1.54, 1.807) is 6.07 Å². The third-order valence-corrected chi connectivity index (χ3v) is 1.60. The zero-order valence-corrected chi connectivity index (χ0v) is 8.00. The Morgan fingerprint density at radius 3 is 2.85 bits per heavy atom. The van der Waals surface area contributed by atoms with Crippen molar-refractivity contribution < 1.29 is 0 Å². The molecule has 0 aromatic carbocycles. The predicted octanol–water partition coefficient (Wildman–Crippen LogP) is 0.515. The summed E-state index contributed by atoms with van der Waals surface area (Å²) in [4.78, 5) is 10.7. The maximum absolute atomic E-state index is 10.7. The Morgan fingerprint density at radius 2 is 2.31 bits per heavy atom. The van der Waals surface area contributed by atoms with Gasteiger partial charge in [-0.1, -0.05) is 13.8 Å². The fourth-order valence-electron chi connectivity index (χ4n) is 0.961. The summed E-state index contributed by atoms with van der Waals surface area (Å²) in [5, 5.41) is 9.50. The Labute approximate surface area is 77.4 Å². The largest absolute Gasteiger partial charge is 0.311 e. The molecule has 2 N–H and O–H groups in total. The molecule has 0 saturated heterocycles. The zero-order chi connectivity index (χ0) is 9.68. The van der Waals surface area contributed by atoms with Gasteiger partial charge in [-0.05, 0) is 18.5 Å². The summed E-state index contributed by atoms with van der Waals surface area (Å²) >= 11 is 0. The lowest BCUT2D eigenvalue weighted by molar-refractivity contribution is 0.545. The van der Waals surface area contributed by atoms with Crippen LogP contribution in [0.3, 0.4) is 0 Å². The van der Waals surface area contributed by atoms with E-state index in [1.165, 1.54) is 6.07 Å². The molecule has 0 spiro atoms. The van der Waals surface area contributed by atoms with E-state index in [1.807, 2.05) is 0 Å². The summed E-state index contributed by atoms with van der Waals surface area (Å²) in [6.07, 6.45) is 0. The Bertz CT molecular complexity index is 285. The Balaban J connectivity index is 2.37. The molecule has 4 heteroatoms. The van der Waals surface area contributed by atoms with Crippen LogP contribution >= 0.6 is 0 Å². The zero-order valence-electron chi connectivity index (χ0n) is 8.00. The lowest BCUT2D eigenvalue weighted by Gasteiger charge is -2.05. The molecule has 0 aliphatic rings. The molecule has 1 aromatic rings. The van der Waals surface area contributed by atoms with E-state index in [9.17, 15) is 4.79 Å². The number of nitrogens with one attached hydrogen (secondary N) is 2. The number of aromatic amines is 1. The molecule has 1 aromatic heterocycles. The second-order valence-electron chi connectivity index (χ2n) is 3.44. The minimum atomic E-state index is -0.160. The van der Waals surface area contributed by atoms with E-state index >= 15 is 0 Å². The average molecular weight is 181 g/mol. The van der Waals surface area contributed by atoms with Crippen LogP contribution in [-0.2, 0) is 6.54 Å². The average Bonchev–Trinajstić information content (AvgIpc) is 2.08. The molecule has 0 saturated carbocycles. The van der Waals surface area contributed by atoms with Crippen molar-refractivity contribution in [3.63, 3.8) is 0 Å². The van der Waals surface area contributed by atoms with E-state index in [-0.39, 0.29) is 5.56 Å². The van der Waals surface area contributed by atoms with Crippen molar-refractivity contribution >= 4 is 0 Å². The van der Waals surface area contributed by atoms with Crippen molar-refractivity contribution in [3.8, 4) is 0 Å². The van der Waals surface area contributed by atoms with Gasteiger partial charge in [-0.15, -0.1) is 0 Å². The molecule has 72 valence electrons. The van der Waals surface area contributed by atoms with Gasteiger partial charge in [0, 0.05) is 12.6 Å². The molecule has 1 heterocycles. The highest BCUT2D eigenvalue weighted by atomic mass is 16.1. The maximum atomic E-state index is 10.7. The minimum Gasteiger partial charge on any atom is -0.311 e. The van der Waals surface area contributed by atoms with Gasteiger partial charge in [-0.25, -0.2) is 5.10 Å². The van der Waals surface area contributed by atoms with E-state index < -0.39 is 0 Å². The molecule has 4 nitrogen and oxygen atoms in total. The highest BCUT2D eigenvalue weighted by Crippen LogP contribution is 1.90. The van der Waals surface area contributed by atoms with Crippen LogP contribution in [0.2, 0.25) is 0 Å². The first-order valence-corrected chi connectivity index (χ1v) is 4.44. The first-order valence-electron chi connectivity index (χ1n) is 4.44. The fourth-order valence-corrected chi connectivity index (χ4v) is 0.961. The molecule has 13 heavy (non-hydrogen) atoms. The molecule has 0 aliphatic carbocycles. The minimum absolute atomic E-state index is 0.160. The summed E-state index contributed by atoms with van der Waals surface area (Å²) in [6.45, 7) is 5.95. The third-order valence-electron chi connectivity index (χ3n) is 1.60. The van der Waals surface area contributed by atoms with Gasteiger partial charge in [0.1, 0.15) is 0 Å². The van der Waals surface area contributed by atoms with Gasteiger partial charge in [-0.3, -0.25) is 4.79 Å². The molecule has 0 fully saturated rings. The van der Waals surface area contributed by atoms with Gasteiger partial charge in [-0.2, -0.15) is 5.10 Å². The first-order chi connectivity index (χ1) is 6.18. The summed E-state index contributed by atoms with van der Waals surface area (Å²) in [5.74, 6) is 0.628. The van der Waals surface area contributed by atoms with Crippen LogP contribution in [0.15, 0.2) is 16.9 Å². The van der Waals surface area contributed by atoms with Crippen LogP contribution in [0.5, 0.6) is 0 Å². The lowest BCUT2D eigenvalue weighted by Crippen LogP contribution is -2.20. The number of rotatable bonds is 4. The molecule has 0 atom stereocenters. The topological polar surface area (TPSA) is 57.8 Å². The SMILES string of the molecule is CC(C)CNCc1ccc(=O)[nH]n1. The van der Waals surface area contributed by atoms with Gasteiger partial charge in [0.15, 0.2) is 0 Å². The lowest BCUT2D eigenvalue weighted by atomic mass is 10.2. The molecule has 0 aliphatic heterocycles. The number of nitrogens with zero attached hydrogens (tertiary/aromatic N) is 1. The molecular formula is C9H15N3O. The number of hydrogen-bond acceptors (Lipinski definition) is 3. The predicted molar refractivity (Wildman–Crippen MR) is 51.4 cm³/mol. The fraction of sp³-hybridized carbons (Fsp3) is 0.556. The smallest absolute Gasteiger partial charge is 0.264 e. The van der Waals surface area contributed by atoms with Crippen LogP contribution in [0.25, 0.3) is 0 Å². The summed E-state index contributed by atoms with van der Waals surface area (Å²) in [7, 11) is 0. The van der Waals surface area contributed by atoms with E-state index in [0.29, 0.717) is 12.5 Å². The van der Waals surface area contributed by atoms with Crippen LogP contribution in [0.4, 0.5) is 0 Å². The molecule has 0 radical (unpaired) electrons. The van der Waals surface area contributed by atoms with E-state index in [4.69, 9.17) is 0 Å². The second-order valence-corrected chi connectivity index (χ2v) is 3.44. The normalized spacial score (nSPS) is 10.7. The molecule has 0 bridgehead atoms. The van der Waals surface area contributed by atoms with Gasteiger partial charge in [0.25, 0.3) is 5.56 Å². The van der Waals surface area contributed by atoms with Crippen molar-refractivity contribution in [2.24, 2.45) is 5.92 Å². The third kappa shape index (κ3) is 3.85. The number of hydrogen-bond donors (Lipinski definition) is 2. The van der Waals surface area contributed by atoms with Crippen molar-refractivity contribution in [1.29, 1.82) is 0 Å². The van der Waals surface area contributed by atoms with Crippen molar-refractivity contribution in [1.82, 2.24) is 15.5 Å². The van der Waals surface area contributed by atoms with Gasteiger partial charge >= 0.3 is 0 Å². The highest BCUT2D eigenvalue weighted by Gasteiger charge is 1.95. The first kappa shape index (κ1) is 9.92. The molecular weight excluding hydrogens is 166 g/mol. The summed E-state index contributed by atoms with van der Waals surface area (Å²) in [5.41, 5.74) is 0.702. The standard InChI is InChI=1S/C9H15N3O/c1-7(2)5-10-6-8-3-4-9(13)12-11-8/h3-4,7,10H,5-6H2,1-2H3,(H,12,13). The summed E-state index contributed by atoms with van der Waals surface area (Å²) in [6, 6.07) is 3.21. The van der Waals surface area contributed by atoms with Crippen molar-refractivity contribution in [2.45, 2.75) is 20.4 Å². The van der Waals surface area contributed by atoms with Gasteiger partial charge in [0.05, 0.1) is 5.69 Å². The number of aromatic nitrogens is 2. The van der Waals surface area contributed by atoms with Crippen LogP contribution in [0.1, 0.15) is 19.5 Å². The Kier molecular flexibility index (Phi) is 3.64. The van der Waals surface area contributed by atoms with Crippen LogP contribution < -0.4 is 10.9 Å². The van der Waals surface area contributed by atoms with Crippen LogP contribution in [0, 0.1) is 5.92 Å². The monoisotopic (exact) mass is 181 g/mol. The van der Waals surface area contributed by atoms with Crippen molar-refractivity contribution in [2.75, 3.05) is 6.54 Å². The molecule has 0 amide bonds. The summed E-state index contributed by atoms with van der Waals surface area (Å²) < 4.78 is 0. The highest BCUT2D eigenvalue weighted by molar-refractivity contribution is 4.98. The molecule has 0 unspecified atom stereocenters. The second kappa shape index (κ2) is 4.77. The van der Waals surface area contributed by atoms with Gasteiger partial charge in [0.2, 0.25) is 0 Å². The van der Waals surface area contributed by atoms with Crippen molar-refractivity contribution in [3.05, 3.63) is 28.2 Å². The number of H-pyrrole nitrogens is 1. The Hall–Kier alpha value is -1.16. The maximum Gasteiger partial charge on any atom is 0.264 e. The molecule has 1 rings (SSSR count). The van der Waals surface area contributed by atoms with E-state index in [2.05, 4.69) is 29.4 Å². The van der Waals surface area contributed by atoms with E-state index in [0.717, 1.165) is 12.2 Å². The quantitative estimate of drug-likeness (QED) is 0.711. The Morgan fingerprint density at radius 1 is 1.54 bits per heavy atom. The van der Waals surface area contributed by atoms with Crippen LogP contribution in [-0.4, -0.2) is 16.7 Å².